The van der Waals surface area contributed by atoms with E-state index >= 15 is 0 Å². The molecule has 2 aromatic rings. The Kier molecular flexibility index (Phi) is 6.15. The van der Waals surface area contributed by atoms with Gasteiger partial charge in [-0.25, -0.2) is 9.97 Å². The number of piperidine rings is 1. The molecule has 0 spiro atoms. The molecule has 0 bridgehead atoms. The standard InChI is InChI=1S/C23H32N4/c1-6-21-13-20(18-8-11-27(12-9-18)17(4)5)15-23(25-21)26-22-14-19(16(2)3)7-10-24-22/h7,10,13-16,18H,4,6,8-9,11-12H2,1-3,5H3,(H,24,25,26). The molecule has 0 saturated carbocycles. The number of nitrogens with one attached hydrogen (secondary N) is 1. The van der Waals surface area contributed by atoms with Gasteiger partial charge in [-0.05, 0) is 73.4 Å². The predicted octanol–water partition coefficient (Wildman–Crippen LogP) is 5.62. The van der Waals surface area contributed by atoms with Gasteiger partial charge in [0.25, 0.3) is 0 Å². The zero-order valence-corrected chi connectivity index (χ0v) is 17.1. The molecule has 0 aliphatic carbocycles. The smallest absolute Gasteiger partial charge is 0.132 e. The molecule has 4 heteroatoms. The van der Waals surface area contributed by atoms with Crippen LogP contribution in [-0.2, 0) is 6.42 Å². The molecule has 1 saturated heterocycles. The van der Waals surface area contributed by atoms with Crippen molar-refractivity contribution in [3.8, 4) is 0 Å². The number of hydrogen-bond donors (Lipinski definition) is 1. The van der Waals surface area contributed by atoms with E-state index in [0.29, 0.717) is 11.8 Å². The molecule has 27 heavy (non-hydrogen) atoms. The highest BCUT2D eigenvalue weighted by atomic mass is 15.1. The maximum absolute atomic E-state index is 4.78. The highest BCUT2D eigenvalue weighted by molar-refractivity contribution is 5.54. The van der Waals surface area contributed by atoms with Crippen molar-refractivity contribution < 1.29 is 0 Å². The lowest BCUT2D eigenvalue weighted by atomic mass is 9.89. The summed E-state index contributed by atoms with van der Waals surface area (Å²) in [7, 11) is 0. The number of rotatable bonds is 6. The second kappa shape index (κ2) is 8.55. The van der Waals surface area contributed by atoms with Crippen LogP contribution in [0.5, 0.6) is 0 Å². The van der Waals surface area contributed by atoms with Gasteiger partial charge in [0.15, 0.2) is 0 Å². The third kappa shape index (κ3) is 4.88. The number of aromatic nitrogens is 2. The van der Waals surface area contributed by atoms with E-state index < -0.39 is 0 Å². The Morgan fingerprint density at radius 1 is 1.22 bits per heavy atom. The molecule has 3 heterocycles. The lowest BCUT2D eigenvalue weighted by molar-refractivity contribution is 0.264. The minimum Gasteiger partial charge on any atom is -0.375 e. The number of hydrogen-bond acceptors (Lipinski definition) is 4. The van der Waals surface area contributed by atoms with Gasteiger partial charge >= 0.3 is 0 Å². The van der Waals surface area contributed by atoms with E-state index in [1.807, 2.05) is 6.20 Å². The zero-order chi connectivity index (χ0) is 19.4. The first kappa shape index (κ1) is 19.4. The average Bonchev–Trinajstić information content (AvgIpc) is 2.68. The van der Waals surface area contributed by atoms with E-state index in [1.54, 1.807) is 0 Å². The van der Waals surface area contributed by atoms with E-state index in [-0.39, 0.29) is 0 Å². The normalized spacial score (nSPS) is 15.2. The van der Waals surface area contributed by atoms with Crippen LogP contribution in [-0.4, -0.2) is 28.0 Å². The van der Waals surface area contributed by atoms with Crippen LogP contribution in [0.15, 0.2) is 42.7 Å². The highest BCUT2D eigenvalue weighted by Crippen LogP contribution is 2.31. The van der Waals surface area contributed by atoms with E-state index in [9.17, 15) is 0 Å². The van der Waals surface area contributed by atoms with Crippen LogP contribution in [0.1, 0.15) is 69.2 Å². The van der Waals surface area contributed by atoms with Gasteiger partial charge in [0.1, 0.15) is 11.6 Å². The molecule has 2 aromatic heterocycles. The van der Waals surface area contributed by atoms with E-state index in [1.165, 1.54) is 29.7 Å². The highest BCUT2D eigenvalue weighted by Gasteiger charge is 2.21. The van der Waals surface area contributed by atoms with Crippen molar-refractivity contribution in [2.24, 2.45) is 0 Å². The van der Waals surface area contributed by atoms with Crippen LogP contribution >= 0.6 is 0 Å². The third-order valence-corrected chi connectivity index (χ3v) is 5.48. The molecule has 0 unspecified atom stereocenters. The van der Waals surface area contributed by atoms with Gasteiger partial charge in [0.2, 0.25) is 0 Å². The number of anilines is 2. The Morgan fingerprint density at radius 2 is 1.96 bits per heavy atom. The van der Waals surface area contributed by atoms with Gasteiger partial charge in [-0.2, -0.15) is 0 Å². The molecule has 0 aromatic carbocycles. The Balaban J connectivity index is 1.80. The van der Waals surface area contributed by atoms with Crippen molar-refractivity contribution in [3.05, 3.63) is 59.6 Å². The molecule has 1 aliphatic rings. The summed E-state index contributed by atoms with van der Waals surface area (Å²) in [6, 6.07) is 8.69. The quantitative estimate of drug-likeness (QED) is 0.722. The Hall–Kier alpha value is -2.36. The predicted molar refractivity (Wildman–Crippen MR) is 114 cm³/mol. The summed E-state index contributed by atoms with van der Waals surface area (Å²) in [5.74, 6) is 2.84. The van der Waals surface area contributed by atoms with Crippen molar-refractivity contribution in [1.82, 2.24) is 14.9 Å². The second-order valence-electron chi connectivity index (χ2n) is 7.88. The number of nitrogens with zero attached hydrogens (tertiary/aromatic N) is 3. The molecule has 1 fully saturated rings. The first-order valence-corrected chi connectivity index (χ1v) is 10.1. The minimum absolute atomic E-state index is 0.484. The van der Waals surface area contributed by atoms with Gasteiger partial charge in [-0.3, -0.25) is 0 Å². The fourth-order valence-corrected chi connectivity index (χ4v) is 3.69. The molecule has 3 rings (SSSR count). The first-order valence-electron chi connectivity index (χ1n) is 10.1. The van der Waals surface area contributed by atoms with Crippen LogP contribution in [0.3, 0.4) is 0 Å². The van der Waals surface area contributed by atoms with Crippen LogP contribution in [0.2, 0.25) is 0 Å². The number of aryl methyl sites for hydroxylation is 1. The molecule has 0 amide bonds. The maximum atomic E-state index is 4.78. The minimum atomic E-state index is 0.484. The van der Waals surface area contributed by atoms with Crippen molar-refractivity contribution in [2.45, 2.75) is 58.8 Å². The number of allylic oxidation sites excluding steroid dienone is 1. The third-order valence-electron chi connectivity index (χ3n) is 5.48. The maximum Gasteiger partial charge on any atom is 0.132 e. The summed E-state index contributed by atoms with van der Waals surface area (Å²) in [5, 5.41) is 3.43. The van der Waals surface area contributed by atoms with E-state index in [0.717, 1.165) is 36.8 Å². The van der Waals surface area contributed by atoms with Crippen LogP contribution < -0.4 is 5.32 Å². The summed E-state index contributed by atoms with van der Waals surface area (Å²) in [6.07, 6.45) is 5.14. The van der Waals surface area contributed by atoms with Crippen molar-refractivity contribution in [3.63, 3.8) is 0 Å². The van der Waals surface area contributed by atoms with Crippen LogP contribution in [0.25, 0.3) is 0 Å². The van der Waals surface area contributed by atoms with Gasteiger partial charge in [0.05, 0.1) is 0 Å². The molecule has 1 aliphatic heterocycles. The van der Waals surface area contributed by atoms with E-state index in [2.05, 4.69) is 73.7 Å². The van der Waals surface area contributed by atoms with Gasteiger partial charge < -0.3 is 10.2 Å². The Morgan fingerprint density at radius 3 is 2.59 bits per heavy atom. The van der Waals surface area contributed by atoms with Crippen molar-refractivity contribution in [1.29, 1.82) is 0 Å². The second-order valence-corrected chi connectivity index (χ2v) is 7.88. The van der Waals surface area contributed by atoms with Crippen molar-refractivity contribution in [2.75, 3.05) is 18.4 Å². The first-order chi connectivity index (χ1) is 13.0. The Labute approximate surface area is 163 Å². The molecule has 0 radical (unpaired) electrons. The van der Waals surface area contributed by atoms with Gasteiger partial charge in [0, 0.05) is 30.7 Å². The molecule has 4 nitrogen and oxygen atoms in total. The number of pyridine rings is 2. The topological polar surface area (TPSA) is 41.1 Å². The monoisotopic (exact) mass is 364 g/mol. The Bertz CT molecular complexity index is 789. The van der Waals surface area contributed by atoms with E-state index in [4.69, 9.17) is 4.98 Å². The van der Waals surface area contributed by atoms with Crippen LogP contribution in [0, 0.1) is 0 Å². The molecule has 0 atom stereocenters. The average molecular weight is 365 g/mol. The number of likely N-dealkylation sites (tertiary alicyclic amines) is 1. The fraction of sp³-hybridized carbons (Fsp3) is 0.478. The lowest BCUT2D eigenvalue weighted by Crippen LogP contribution is -2.31. The summed E-state index contributed by atoms with van der Waals surface area (Å²) in [5.41, 5.74) is 4.99. The van der Waals surface area contributed by atoms with Gasteiger partial charge in [-0.15, -0.1) is 0 Å². The van der Waals surface area contributed by atoms with Gasteiger partial charge in [-0.1, -0.05) is 27.4 Å². The fourth-order valence-electron chi connectivity index (χ4n) is 3.69. The zero-order valence-electron chi connectivity index (χ0n) is 17.1. The largest absolute Gasteiger partial charge is 0.375 e. The molecular weight excluding hydrogens is 332 g/mol. The summed E-state index contributed by atoms with van der Waals surface area (Å²) in [4.78, 5) is 11.6. The SMILES string of the molecule is C=C(C)N1CCC(c2cc(CC)nc(Nc3cc(C(C)C)ccn3)c2)CC1. The molecular formula is C23H32N4. The summed E-state index contributed by atoms with van der Waals surface area (Å²) in [6.45, 7) is 14.9. The summed E-state index contributed by atoms with van der Waals surface area (Å²) >= 11 is 0. The molecule has 1 N–H and O–H groups in total. The lowest BCUT2D eigenvalue weighted by Gasteiger charge is -2.34. The molecule has 144 valence electrons. The van der Waals surface area contributed by atoms with Crippen molar-refractivity contribution >= 4 is 11.6 Å². The summed E-state index contributed by atoms with van der Waals surface area (Å²) < 4.78 is 0. The van der Waals surface area contributed by atoms with Crippen LogP contribution in [0.4, 0.5) is 11.6 Å².